The van der Waals surface area contributed by atoms with Gasteiger partial charge in [-0.05, 0) is 50.1 Å². The number of halogens is 4. The quantitative estimate of drug-likeness (QED) is 0.233. The number of hydrogen-bond donors (Lipinski definition) is 2. The van der Waals surface area contributed by atoms with Crippen LogP contribution in [0.4, 0.5) is 13.2 Å². The van der Waals surface area contributed by atoms with Gasteiger partial charge >= 0.3 is 6.36 Å². The fraction of sp³-hybridized carbons (Fsp3) is 0.269. The van der Waals surface area contributed by atoms with Crippen LogP contribution in [0.3, 0.4) is 0 Å². The number of ether oxygens (including phenoxy) is 2. The molecule has 1 unspecified atom stereocenters. The lowest BCUT2D eigenvalue weighted by Crippen LogP contribution is -2.19. The first kappa shape index (κ1) is 24.7. The van der Waals surface area contributed by atoms with Crippen LogP contribution >= 0.6 is 11.6 Å². The predicted octanol–water partition coefficient (Wildman–Crippen LogP) is 7.44. The van der Waals surface area contributed by atoms with E-state index in [0.717, 1.165) is 28.2 Å². The smallest absolute Gasteiger partial charge is 0.496 e. The fourth-order valence-electron chi connectivity index (χ4n) is 4.11. The zero-order chi connectivity index (χ0) is 25.0. The molecule has 2 aromatic heterocycles. The number of aromatic amines is 2. The van der Waals surface area contributed by atoms with Crippen molar-refractivity contribution in [2.45, 2.75) is 32.0 Å². The Morgan fingerprint density at radius 1 is 1.00 bits per heavy atom. The van der Waals surface area contributed by atoms with Crippen molar-refractivity contribution in [2.75, 3.05) is 13.0 Å². The molecule has 0 bridgehead atoms. The lowest BCUT2D eigenvalue weighted by Gasteiger charge is -2.19. The van der Waals surface area contributed by atoms with Gasteiger partial charge in [0.05, 0.1) is 19.0 Å². The van der Waals surface area contributed by atoms with Crippen LogP contribution in [-0.2, 0) is 0 Å². The summed E-state index contributed by atoms with van der Waals surface area (Å²) in [6.45, 7) is 1.98. The SMILES string of the molecule is COc1cc(-c2cnc(C(CCCCl)c3ccccc3OC(F)(F)F)[nH]2)ccc1-c1ccc(C)[nH]1. The van der Waals surface area contributed by atoms with E-state index in [9.17, 15) is 13.2 Å². The molecule has 2 N–H and O–H groups in total. The van der Waals surface area contributed by atoms with Crippen LogP contribution in [0.25, 0.3) is 22.5 Å². The number of para-hydroxylation sites is 1. The van der Waals surface area contributed by atoms with Crippen LogP contribution < -0.4 is 9.47 Å². The molecule has 4 aromatic rings. The Balaban J connectivity index is 1.69. The molecule has 0 radical (unpaired) electrons. The van der Waals surface area contributed by atoms with E-state index in [0.29, 0.717) is 35.9 Å². The molecule has 0 aliphatic carbocycles. The molecule has 0 saturated heterocycles. The first-order chi connectivity index (χ1) is 16.8. The Morgan fingerprint density at radius 2 is 1.80 bits per heavy atom. The third kappa shape index (κ3) is 5.82. The highest BCUT2D eigenvalue weighted by Gasteiger charge is 2.33. The van der Waals surface area contributed by atoms with Gasteiger partial charge in [-0.2, -0.15) is 0 Å². The summed E-state index contributed by atoms with van der Waals surface area (Å²) in [5.74, 6) is 0.895. The predicted molar refractivity (Wildman–Crippen MR) is 130 cm³/mol. The summed E-state index contributed by atoms with van der Waals surface area (Å²) in [6.07, 6.45) is -2.02. The van der Waals surface area contributed by atoms with E-state index in [1.165, 1.54) is 12.1 Å². The van der Waals surface area contributed by atoms with Crippen molar-refractivity contribution in [1.29, 1.82) is 0 Å². The second-order valence-electron chi connectivity index (χ2n) is 8.12. The van der Waals surface area contributed by atoms with Gasteiger partial charge in [-0.1, -0.05) is 24.3 Å². The van der Waals surface area contributed by atoms with Crippen LogP contribution in [0.5, 0.6) is 11.5 Å². The van der Waals surface area contributed by atoms with E-state index in [-0.39, 0.29) is 5.75 Å². The average Bonchev–Trinajstić information content (AvgIpc) is 3.48. The second kappa shape index (κ2) is 10.5. The Morgan fingerprint density at radius 3 is 2.49 bits per heavy atom. The van der Waals surface area contributed by atoms with Gasteiger partial charge in [-0.25, -0.2) is 4.98 Å². The van der Waals surface area contributed by atoms with Gasteiger partial charge in [0, 0.05) is 39.9 Å². The largest absolute Gasteiger partial charge is 0.573 e. The zero-order valence-electron chi connectivity index (χ0n) is 19.2. The highest BCUT2D eigenvalue weighted by Crippen LogP contribution is 2.38. The number of methoxy groups -OCH3 is 1. The summed E-state index contributed by atoms with van der Waals surface area (Å²) >= 11 is 5.91. The molecular formula is C26H25ClF3N3O2. The van der Waals surface area contributed by atoms with Crippen molar-refractivity contribution >= 4 is 11.6 Å². The average molecular weight is 504 g/mol. The summed E-state index contributed by atoms with van der Waals surface area (Å²) in [5, 5.41) is 0. The minimum atomic E-state index is -4.79. The molecule has 184 valence electrons. The van der Waals surface area contributed by atoms with Gasteiger partial charge in [0.2, 0.25) is 0 Å². The van der Waals surface area contributed by atoms with Gasteiger partial charge in [0.15, 0.2) is 0 Å². The van der Waals surface area contributed by atoms with Gasteiger partial charge in [-0.3, -0.25) is 0 Å². The van der Waals surface area contributed by atoms with E-state index < -0.39 is 12.3 Å². The Hall–Kier alpha value is -3.39. The number of hydrogen-bond acceptors (Lipinski definition) is 3. The van der Waals surface area contributed by atoms with Gasteiger partial charge in [0.1, 0.15) is 17.3 Å². The van der Waals surface area contributed by atoms with Crippen molar-refractivity contribution in [3.63, 3.8) is 0 Å². The minimum Gasteiger partial charge on any atom is -0.496 e. The fourth-order valence-corrected chi connectivity index (χ4v) is 4.26. The zero-order valence-corrected chi connectivity index (χ0v) is 20.0. The number of H-pyrrole nitrogens is 2. The molecule has 2 aromatic carbocycles. The number of rotatable bonds is 9. The van der Waals surface area contributed by atoms with Gasteiger partial charge < -0.3 is 19.4 Å². The van der Waals surface area contributed by atoms with Crippen molar-refractivity contribution in [3.8, 4) is 34.0 Å². The van der Waals surface area contributed by atoms with E-state index in [1.54, 1.807) is 25.4 Å². The first-order valence-corrected chi connectivity index (χ1v) is 11.6. The normalized spacial score (nSPS) is 12.5. The lowest BCUT2D eigenvalue weighted by molar-refractivity contribution is -0.275. The molecule has 35 heavy (non-hydrogen) atoms. The molecule has 2 heterocycles. The number of nitrogens with zero attached hydrogens (tertiary/aromatic N) is 1. The third-order valence-electron chi connectivity index (χ3n) is 5.71. The summed E-state index contributed by atoms with van der Waals surface area (Å²) in [4.78, 5) is 11.1. The van der Waals surface area contributed by atoms with Crippen molar-refractivity contribution in [3.05, 3.63) is 77.9 Å². The number of aryl methyl sites for hydroxylation is 1. The van der Waals surface area contributed by atoms with Gasteiger partial charge in [0.25, 0.3) is 0 Å². The number of imidazole rings is 1. The van der Waals surface area contributed by atoms with Crippen molar-refractivity contribution in [2.24, 2.45) is 0 Å². The molecule has 5 nitrogen and oxygen atoms in total. The second-order valence-corrected chi connectivity index (χ2v) is 8.50. The molecule has 0 fully saturated rings. The van der Waals surface area contributed by atoms with Crippen molar-refractivity contribution < 1.29 is 22.6 Å². The molecule has 0 spiro atoms. The first-order valence-electron chi connectivity index (χ1n) is 11.1. The minimum absolute atomic E-state index is 0.246. The van der Waals surface area contributed by atoms with Crippen LogP contribution in [0.2, 0.25) is 0 Å². The number of nitrogens with one attached hydrogen (secondary N) is 2. The third-order valence-corrected chi connectivity index (χ3v) is 5.97. The highest BCUT2D eigenvalue weighted by atomic mass is 35.5. The molecule has 0 saturated carbocycles. The molecule has 1 atom stereocenters. The molecule has 0 amide bonds. The summed E-state index contributed by atoms with van der Waals surface area (Å²) in [7, 11) is 1.61. The Bertz CT molecular complexity index is 1280. The van der Waals surface area contributed by atoms with E-state index >= 15 is 0 Å². The van der Waals surface area contributed by atoms with Gasteiger partial charge in [-0.15, -0.1) is 24.8 Å². The highest BCUT2D eigenvalue weighted by molar-refractivity contribution is 6.17. The topological polar surface area (TPSA) is 62.9 Å². The summed E-state index contributed by atoms with van der Waals surface area (Å²) in [5.41, 5.74) is 4.86. The monoisotopic (exact) mass is 503 g/mol. The number of aromatic nitrogens is 3. The maximum atomic E-state index is 13.0. The number of benzene rings is 2. The molecule has 9 heteroatoms. The van der Waals surface area contributed by atoms with Crippen LogP contribution in [0.1, 0.15) is 35.8 Å². The van der Waals surface area contributed by atoms with E-state index in [1.807, 2.05) is 37.3 Å². The molecule has 0 aliphatic rings. The molecule has 0 aliphatic heterocycles. The number of alkyl halides is 4. The Kier molecular flexibility index (Phi) is 7.40. The van der Waals surface area contributed by atoms with Crippen LogP contribution in [-0.4, -0.2) is 34.3 Å². The summed E-state index contributed by atoms with van der Waals surface area (Å²) in [6, 6.07) is 15.9. The van der Waals surface area contributed by atoms with E-state index in [4.69, 9.17) is 16.3 Å². The molecular weight excluding hydrogens is 479 g/mol. The van der Waals surface area contributed by atoms with Crippen LogP contribution in [0, 0.1) is 6.92 Å². The summed E-state index contributed by atoms with van der Waals surface area (Å²) < 4.78 is 49.0. The maximum Gasteiger partial charge on any atom is 0.573 e. The van der Waals surface area contributed by atoms with Crippen molar-refractivity contribution in [1.82, 2.24) is 15.0 Å². The van der Waals surface area contributed by atoms with E-state index in [2.05, 4.69) is 19.7 Å². The standard InChI is InChI=1S/C26H25ClF3N3O2/c1-16-9-12-21(32-16)20-11-10-17(14-24(20)34-2)22-15-31-25(33-22)19(7-5-13-27)18-6-3-4-8-23(18)35-26(28,29)30/h3-4,6,8-12,14-15,19,32H,5,7,13H2,1-2H3,(H,31,33). The molecule has 4 rings (SSSR count). The van der Waals surface area contributed by atoms with Crippen LogP contribution in [0.15, 0.2) is 60.8 Å². The maximum absolute atomic E-state index is 13.0. The lowest BCUT2D eigenvalue weighted by atomic mass is 9.93. The Labute approximate surface area is 206 Å².